The maximum absolute atomic E-state index is 13.8. The number of benzene rings is 4. The highest BCUT2D eigenvalue weighted by Crippen LogP contribution is 2.36. The highest BCUT2D eigenvalue weighted by Gasteiger charge is 2.30. The molecule has 0 saturated carbocycles. The summed E-state index contributed by atoms with van der Waals surface area (Å²) < 4.78 is 78.3. The standard InChI is InChI=1S/C31H33N3O9S2/c1-21-6-12-26(13-7-21)45(38,39)34(28-16-10-24(41-3)19-30(28)43-5)20-31(35)32-22-8-14-25(15-9-22)44(36,37)33-27-18-23(40-2)11-17-29(27)42-4/h6-19,33H,20H2,1-5H3,(H,32,35). The molecule has 0 radical (unpaired) electrons. The van der Waals surface area contributed by atoms with Crippen molar-refractivity contribution in [1.82, 2.24) is 0 Å². The quantitative estimate of drug-likeness (QED) is 0.210. The molecule has 0 aromatic heterocycles. The van der Waals surface area contributed by atoms with E-state index in [1.807, 2.05) is 6.92 Å². The number of nitrogens with one attached hydrogen (secondary N) is 2. The Morgan fingerprint density at radius 3 is 1.87 bits per heavy atom. The smallest absolute Gasteiger partial charge is 0.264 e. The molecule has 0 unspecified atom stereocenters. The van der Waals surface area contributed by atoms with Crippen LogP contribution in [0.2, 0.25) is 0 Å². The number of anilines is 3. The van der Waals surface area contributed by atoms with Crippen molar-refractivity contribution in [3.05, 3.63) is 90.5 Å². The number of nitrogens with zero attached hydrogens (tertiary/aromatic N) is 1. The van der Waals surface area contributed by atoms with Crippen LogP contribution in [0.15, 0.2) is 94.7 Å². The van der Waals surface area contributed by atoms with Crippen LogP contribution >= 0.6 is 0 Å². The van der Waals surface area contributed by atoms with Crippen LogP contribution in [0.25, 0.3) is 0 Å². The molecule has 0 atom stereocenters. The zero-order valence-electron chi connectivity index (χ0n) is 25.2. The molecule has 0 bridgehead atoms. The summed E-state index contributed by atoms with van der Waals surface area (Å²) in [5, 5.41) is 2.63. The first-order valence-corrected chi connectivity index (χ1v) is 16.3. The van der Waals surface area contributed by atoms with Crippen molar-refractivity contribution in [3.63, 3.8) is 0 Å². The van der Waals surface area contributed by atoms with Gasteiger partial charge in [0, 0.05) is 17.8 Å². The Balaban J connectivity index is 1.58. The van der Waals surface area contributed by atoms with Gasteiger partial charge in [0.1, 0.15) is 29.5 Å². The normalized spacial score (nSPS) is 11.3. The van der Waals surface area contributed by atoms with Crippen LogP contribution in [0, 0.1) is 6.92 Å². The van der Waals surface area contributed by atoms with E-state index in [-0.39, 0.29) is 32.6 Å². The van der Waals surface area contributed by atoms with Crippen LogP contribution in [-0.2, 0) is 24.8 Å². The van der Waals surface area contributed by atoms with E-state index in [0.717, 1.165) is 9.87 Å². The van der Waals surface area contributed by atoms with E-state index >= 15 is 0 Å². The number of carbonyl (C=O) groups excluding carboxylic acids is 1. The Morgan fingerprint density at radius 2 is 1.27 bits per heavy atom. The molecule has 12 nitrogen and oxygen atoms in total. The van der Waals surface area contributed by atoms with Crippen molar-refractivity contribution in [2.75, 3.05) is 49.3 Å². The molecule has 0 saturated heterocycles. The molecular formula is C31H33N3O9S2. The van der Waals surface area contributed by atoms with Crippen LogP contribution in [0.5, 0.6) is 23.0 Å². The number of hydrogen-bond acceptors (Lipinski definition) is 9. The number of carbonyl (C=O) groups is 1. The Morgan fingerprint density at radius 1 is 0.689 bits per heavy atom. The summed E-state index contributed by atoms with van der Waals surface area (Å²) in [4.78, 5) is 13.2. The Labute approximate surface area is 262 Å². The molecular weight excluding hydrogens is 622 g/mol. The fraction of sp³-hybridized carbons (Fsp3) is 0.194. The molecule has 4 rings (SSSR count). The van der Waals surface area contributed by atoms with Gasteiger partial charge in [0.15, 0.2) is 0 Å². The van der Waals surface area contributed by atoms with Crippen molar-refractivity contribution in [1.29, 1.82) is 0 Å². The topological polar surface area (TPSA) is 150 Å². The Kier molecular flexibility index (Phi) is 10.1. The summed E-state index contributed by atoms with van der Waals surface area (Å²) in [5.74, 6) is 0.646. The molecule has 45 heavy (non-hydrogen) atoms. The van der Waals surface area contributed by atoms with E-state index in [1.54, 1.807) is 30.3 Å². The molecule has 0 heterocycles. The zero-order valence-corrected chi connectivity index (χ0v) is 26.9. The molecule has 0 fully saturated rings. The van der Waals surface area contributed by atoms with Crippen LogP contribution < -0.4 is 33.3 Å². The van der Waals surface area contributed by atoms with Gasteiger partial charge < -0.3 is 24.3 Å². The third-order valence-corrected chi connectivity index (χ3v) is 9.81. The van der Waals surface area contributed by atoms with Crippen molar-refractivity contribution >= 4 is 43.0 Å². The van der Waals surface area contributed by atoms with E-state index in [4.69, 9.17) is 18.9 Å². The van der Waals surface area contributed by atoms with Gasteiger partial charge in [-0.3, -0.25) is 13.8 Å². The lowest BCUT2D eigenvalue weighted by Crippen LogP contribution is -2.38. The Bertz CT molecular complexity index is 1880. The number of methoxy groups -OCH3 is 4. The summed E-state index contributed by atoms with van der Waals surface area (Å²) in [6, 6.07) is 20.9. The first-order valence-electron chi connectivity index (χ1n) is 13.4. The number of ether oxygens (including phenoxy) is 4. The van der Waals surface area contributed by atoms with Crippen molar-refractivity contribution in [2.24, 2.45) is 0 Å². The number of aryl methyl sites for hydroxylation is 1. The minimum Gasteiger partial charge on any atom is -0.497 e. The van der Waals surface area contributed by atoms with Gasteiger partial charge >= 0.3 is 0 Å². The zero-order chi connectivity index (χ0) is 32.8. The molecule has 0 spiro atoms. The van der Waals surface area contributed by atoms with Crippen molar-refractivity contribution in [3.8, 4) is 23.0 Å². The van der Waals surface area contributed by atoms with E-state index in [9.17, 15) is 21.6 Å². The van der Waals surface area contributed by atoms with E-state index in [2.05, 4.69) is 10.0 Å². The molecule has 4 aromatic carbocycles. The number of amides is 1. The molecule has 0 aliphatic heterocycles. The van der Waals surface area contributed by atoms with Crippen LogP contribution in [0.3, 0.4) is 0 Å². The predicted octanol–water partition coefficient (Wildman–Crippen LogP) is 4.66. The van der Waals surface area contributed by atoms with Crippen LogP contribution in [0.1, 0.15) is 5.56 Å². The highest BCUT2D eigenvalue weighted by atomic mass is 32.2. The molecule has 14 heteroatoms. The summed E-state index contributed by atoms with van der Waals surface area (Å²) in [6.07, 6.45) is 0. The van der Waals surface area contributed by atoms with Gasteiger partial charge in [-0.25, -0.2) is 16.8 Å². The second-order valence-electron chi connectivity index (χ2n) is 9.61. The van der Waals surface area contributed by atoms with Crippen LogP contribution in [-0.4, -0.2) is 57.7 Å². The lowest BCUT2D eigenvalue weighted by molar-refractivity contribution is -0.114. The monoisotopic (exact) mass is 655 g/mol. The SMILES string of the molecule is COc1ccc(OC)c(NS(=O)(=O)c2ccc(NC(=O)CN(c3ccc(OC)cc3OC)S(=O)(=O)c3ccc(C)cc3)cc2)c1. The number of hydrogen-bond donors (Lipinski definition) is 2. The van der Waals surface area contributed by atoms with Gasteiger partial charge in [0.25, 0.3) is 20.0 Å². The number of sulfonamides is 2. The average molecular weight is 656 g/mol. The third kappa shape index (κ3) is 7.59. The molecule has 2 N–H and O–H groups in total. The maximum atomic E-state index is 13.8. The first-order chi connectivity index (χ1) is 21.4. The van der Waals surface area contributed by atoms with E-state index < -0.39 is 32.5 Å². The molecule has 238 valence electrons. The largest absolute Gasteiger partial charge is 0.497 e. The van der Waals surface area contributed by atoms with Crippen molar-refractivity contribution in [2.45, 2.75) is 16.7 Å². The molecule has 1 amide bonds. The average Bonchev–Trinajstić information content (AvgIpc) is 3.03. The van der Waals surface area contributed by atoms with E-state index in [1.165, 1.54) is 83.0 Å². The van der Waals surface area contributed by atoms with Gasteiger partial charge in [-0.1, -0.05) is 17.7 Å². The summed E-state index contributed by atoms with van der Waals surface area (Å²) in [7, 11) is -2.57. The lowest BCUT2D eigenvalue weighted by atomic mass is 10.2. The van der Waals surface area contributed by atoms with Gasteiger partial charge in [-0.15, -0.1) is 0 Å². The highest BCUT2D eigenvalue weighted by molar-refractivity contribution is 7.93. The second kappa shape index (κ2) is 13.8. The number of rotatable bonds is 13. The second-order valence-corrected chi connectivity index (χ2v) is 13.2. The van der Waals surface area contributed by atoms with Gasteiger partial charge in [0.2, 0.25) is 5.91 Å². The fourth-order valence-corrected chi connectivity index (χ4v) is 6.77. The lowest BCUT2D eigenvalue weighted by Gasteiger charge is -2.26. The minimum atomic E-state index is -4.23. The maximum Gasteiger partial charge on any atom is 0.264 e. The third-order valence-electron chi connectivity index (χ3n) is 6.65. The molecule has 0 aliphatic rings. The van der Waals surface area contributed by atoms with E-state index in [0.29, 0.717) is 17.2 Å². The predicted molar refractivity (Wildman–Crippen MR) is 171 cm³/mol. The van der Waals surface area contributed by atoms with Gasteiger partial charge in [-0.2, -0.15) is 0 Å². The Hall–Kier alpha value is -4.95. The minimum absolute atomic E-state index is 0.0199. The fourth-order valence-electron chi connectivity index (χ4n) is 4.27. The van der Waals surface area contributed by atoms with Gasteiger partial charge in [-0.05, 0) is 67.6 Å². The van der Waals surface area contributed by atoms with Crippen molar-refractivity contribution < 1.29 is 40.6 Å². The summed E-state index contributed by atoms with van der Waals surface area (Å²) in [6.45, 7) is 1.21. The summed E-state index contributed by atoms with van der Waals surface area (Å²) in [5.41, 5.74) is 1.41. The molecule has 0 aliphatic carbocycles. The first kappa shape index (κ1) is 33.0. The van der Waals surface area contributed by atoms with Gasteiger partial charge in [0.05, 0.1) is 49.6 Å². The summed E-state index contributed by atoms with van der Waals surface area (Å²) >= 11 is 0. The molecule has 4 aromatic rings. The van der Waals surface area contributed by atoms with Crippen LogP contribution in [0.4, 0.5) is 17.1 Å².